The number of hydrogen-bond acceptors (Lipinski definition) is 3. The van der Waals surface area contributed by atoms with Crippen molar-refractivity contribution >= 4 is 28.5 Å². The van der Waals surface area contributed by atoms with Gasteiger partial charge in [0.1, 0.15) is 0 Å². The molecular formula is C21H22N2OS. The lowest BCUT2D eigenvalue weighted by molar-refractivity contribution is -0.133. The summed E-state index contributed by atoms with van der Waals surface area (Å²) in [6, 6.07) is 12.9. The van der Waals surface area contributed by atoms with Crippen molar-refractivity contribution in [2.45, 2.75) is 44.1 Å². The number of benzene rings is 1. The summed E-state index contributed by atoms with van der Waals surface area (Å²) in [6.07, 6.45) is 8.86. The average molecular weight is 350 g/mol. The zero-order valence-corrected chi connectivity index (χ0v) is 15.1. The lowest BCUT2D eigenvalue weighted by Crippen LogP contribution is -2.55. The van der Waals surface area contributed by atoms with Gasteiger partial charge in [-0.05, 0) is 42.0 Å². The summed E-state index contributed by atoms with van der Waals surface area (Å²) in [5, 5.41) is 6.52. The van der Waals surface area contributed by atoms with E-state index in [2.05, 4.69) is 57.9 Å². The highest BCUT2D eigenvalue weighted by Gasteiger charge is 2.47. The molecule has 1 aromatic heterocycles. The first-order chi connectivity index (χ1) is 12.3. The van der Waals surface area contributed by atoms with E-state index in [1.54, 1.807) is 11.3 Å². The highest BCUT2D eigenvalue weighted by Crippen LogP contribution is 2.47. The Morgan fingerprint density at radius 1 is 1.00 bits per heavy atom. The zero-order valence-electron chi connectivity index (χ0n) is 14.3. The number of carbonyl (C=O) groups is 1. The van der Waals surface area contributed by atoms with Crippen LogP contribution in [0.15, 0.2) is 47.9 Å². The van der Waals surface area contributed by atoms with Gasteiger partial charge in [-0.25, -0.2) is 5.01 Å². The largest absolute Gasteiger partial charge is 0.281 e. The van der Waals surface area contributed by atoms with Gasteiger partial charge in [-0.2, -0.15) is 0 Å². The number of thiophene rings is 1. The van der Waals surface area contributed by atoms with Crippen LogP contribution in [0.25, 0.3) is 5.57 Å². The molecule has 0 bridgehead atoms. The molecule has 128 valence electrons. The fourth-order valence-electron chi connectivity index (χ4n) is 4.75. The van der Waals surface area contributed by atoms with Crippen LogP contribution in [0.3, 0.4) is 0 Å². The van der Waals surface area contributed by atoms with Gasteiger partial charge in [-0.15, -0.1) is 11.3 Å². The topological polar surface area (TPSA) is 23.6 Å². The molecule has 1 saturated carbocycles. The molecule has 0 radical (unpaired) electrons. The van der Waals surface area contributed by atoms with Crippen LogP contribution >= 0.6 is 11.3 Å². The maximum atomic E-state index is 12.9. The van der Waals surface area contributed by atoms with Gasteiger partial charge in [0, 0.05) is 23.4 Å². The Bertz CT molecular complexity index is 833. The van der Waals surface area contributed by atoms with Gasteiger partial charge in [0.15, 0.2) is 0 Å². The van der Waals surface area contributed by atoms with E-state index < -0.39 is 0 Å². The first kappa shape index (κ1) is 15.2. The van der Waals surface area contributed by atoms with Gasteiger partial charge in [0.2, 0.25) is 5.91 Å². The Morgan fingerprint density at radius 2 is 1.84 bits per heavy atom. The zero-order chi connectivity index (χ0) is 16.9. The number of hydrogen-bond donors (Lipinski definition) is 0. The van der Waals surface area contributed by atoms with Crippen LogP contribution in [0.2, 0.25) is 0 Å². The van der Waals surface area contributed by atoms with Crippen LogP contribution in [0.5, 0.6) is 0 Å². The molecule has 2 fully saturated rings. The molecule has 25 heavy (non-hydrogen) atoms. The molecule has 5 rings (SSSR count). The van der Waals surface area contributed by atoms with Crippen LogP contribution in [0.4, 0.5) is 5.69 Å². The molecule has 3 aliphatic rings. The fourth-order valence-corrected chi connectivity index (χ4v) is 5.51. The fraction of sp³-hybridized carbons (Fsp3) is 0.381. The van der Waals surface area contributed by atoms with E-state index >= 15 is 0 Å². The molecule has 0 N–H and O–H groups in total. The van der Waals surface area contributed by atoms with E-state index in [1.807, 2.05) is 0 Å². The van der Waals surface area contributed by atoms with Crippen molar-refractivity contribution < 1.29 is 4.79 Å². The number of rotatable bonds is 1. The standard InChI is InChI=1S/C21H22N2OS/c24-20-10-13-22-18-8-3-2-7-16(18)17(19-9-6-14-25-19)15-21(23(20)22)11-4-1-5-12-21/h2-3,6-9,14-15H,1,4-5,10-13H2. The van der Waals surface area contributed by atoms with Crippen LogP contribution in [0, 0.1) is 0 Å². The second kappa shape index (κ2) is 5.73. The number of anilines is 1. The Morgan fingerprint density at radius 3 is 2.64 bits per heavy atom. The lowest BCUT2D eigenvalue weighted by Gasteiger charge is -2.46. The molecular weight excluding hydrogens is 328 g/mol. The van der Waals surface area contributed by atoms with Crippen molar-refractivity contribution in [1.29, 1.82) is 0 Å². The molecule has 3 nitrogen and oxygen atoms in total. The number of fused-ring (bicyclic) bond motifs is 4. The van der Waals surface area contributed by atoms with Gasteiger partial charge in [0.05, 0.1) is 11.2 Å². The van der Waals surface area contributed by atoms with E-state index in [9.17, 15) is 4.79 Å². The maximum absolute atomic E-state index is 12.9. The molecule has 0 atom stereocenters. The summed E-state index contributed by atoms with van der Waals surface area (Å²) >= 11 is 1.79. The Hall–Kier alpha value is -2.07. The van der Waals surface area contributed by atoms with E-state index in [4.69, 9.17) is 0 Å². The molecule has 1 amide bonds. The molecule has 1 spiro atoms. The van der Waals surface area contributed by atoms with Crippen LogP contribution in [-0.4, -0.2) is 23.0 Å². The summed E-state index contributed by atoms with van der Waals surface area (Å²) in [7, 11) is 0. The number of para-hydroxylation sites is 1. The SMILES string of the molecule is O=C1CCN2c3ccccc3C(c3cccs3)=CC3(CCCCC3)N12. The Kier molecular flexibility index (Phi) is 3.49. The molecule has 0 unspecified atom stereocenters. The summed E-state index contributed by atoms with van der Waals surface area (Å²) in [4.78, 5) is 14.2. The Balaban J connectivity index is 1.78. The monoisotopic (exact) mass is 350 g/mol. The van der Waals surface area contributed by atoms with Gasteiger partial charge >= 0.3 is 0 Å². The predicted molar refractivity (Wildman–Crippen MR) is 102 cm³/mol. The van der Waals surface area contributed by atoms with Crippen LogP contribution in [-0.2, 0) is 4.79 Å². The molecule has 4 heteroatoms. The number of amides is 1. The third-order valence-electron chi connectivity index (χ3n) is 5.83. The Labute approximate surface area is 152 Å². The second-order valence-corrected chi connectivity index (χ2v) is 8.24. The van der Waals surface area contributed by atoms with E-state index in [-0.39, 0.29) is 11.4 Å². The normalized spacial score (nSPS) is 21.8. The summed E-state index contributed by atoms with van der Waals surface area (Å²) in [5.41, 5.74) is 3.57. The lowest BCUT2D eigenvalue weighted by atomic mass is 9.79. The first-order valence-corrected chi connectivity index (χ1v) is 10.1. The van der Waals surface area contributed by atoms with E-state index in [0.29, 0.717) is 6.42 Å². The van der Waals surface area contributed by atoms with E-state index in [1.165, 1.54) is 41.0 Å². The number of nitrogens with zero attached hydrogens (tertiary/aromatic N) is 2. The van der Waals surface area contributed by atoms with E-state index in [0.717, 1.165) is 19.4 Å². The predicted octanol–water partition coefficient (Wildman–Crippen LogP) is 4.85. The molecule has 1 aliphatic carbocycles. The molecule has 1 aromatic carbocycles. The molecule has 3 heterocycles. The van der Waals surface area contributed by atoms with Gasteiger partial charge in [-0.1, -0.05) is 43.5 Å². The third kappa shape index (κ3) is 2.27. The minimum Gasteiger partial charge on any atom is -0.281 e. The van der Waals surface area contributed by atoms with Crippen molar-refractivity contribution in [1.82, 2.24) is 5.01 Å². The first-order valence-electron chi connectivity index (χ1n) is 9.25. The number of hydrazine groups is 1. The summed E-state index contributed by atoms with van der Waals surface area (Å²) in [6.45, 7) is 0.795. The van der Waals surface area contributed by atoms with Gasteiger partial charge < -0.3 is 0 Å². The van der Waals surface area contributed by atoms with Crippen molar-refractivity contribution in [2.75, 3.05) is 11.6 Å². The summed E-state index contributed by atoms with van der Waals surface area (Å²) in [5.74, 6) is 0.278. The third-order valence-corrected chi connectivity index (χ3v) is 6.73. The second-order valence-electron chi connectivity index (χ2n) is 7.30. The maximum Gasteiger partial charge on any atom is 0.243 e. The molecule has 1 saturated heterocycles. The van der Waals surface area contributed by atoms with Gasteiger partial charge in [-0.3, -0.25) is 9.80 Å². The average Bonchev–Trinajstić information content (AvgIpc) is 3.29. The molecule has 2 aliphatic heterocycles. The van der Waals surface area contributed by atoms with Crippen LogP contribution < -0.4 is 5.01 Å². The quantitative estimate of drug-likeness (QED) is 0.734. The summed E-state index contributed by atoms with van der Waals surface area (Å²) < 4.78 is 0. The van der Waals surface area contributed by atoms with Gasteiger partial charge in [0.25, 0.3) is 0 Å². The minimum absolute atomic E-state index is 0.163. The van der Waals surface area contributed by atoms with Crippen molar-refractivity contribution in [3.8, 4) is 0 Å². The van der Waals surface area contributed by atoms with Crippen molar-refractivity contribution in [3.63, 3.8) is 0 Å². The number of carbonyl (C=O) groups excluding carboxylic acids is 1. The van der Waals surface area contributed by atoms with Crippen molar-refractivity contribution in [3.05, 3.63) is 58.3 Å². The molecule has 2 aromatic rings. The van der Waals surface area contributed by atoms with Crippen LogP contribution in [0.1, 0.15) is 49.0 Å². The highest BCUT2D eigenvalue weighted by molar-refractivity contribution is 7.11. The highest BCUT2D eigenvalue weighted by atomic mass is 32.1. The van der Waals surface area contributed by atoms with Crippen molar-refractivity contribution in [2.24, 2.45) is 0 Å². The smallest absolute Gasteiger partial charge is 0.243 e. The minimum atomic E-state index is -0.163.